The lowest BCUT2D eigenvalue weighted by molar-refractivity contribution is 0.102. The topological polar surface area (TPSA) is 67.8 Å². The number of aryl methyl sites for hydroxylation is 1. The molecular formula is C15H12N4OS. The summed E-state index contributed by atoms with van der Waals surface area (Å²) >= 11 is 1.42. The Labute approximate surface area is 125 Å². The highest BCUT2D eigenvalue weighted by molar-refractivity contribution is 7.19. The molecule has 21 heavy (non-hydrogen) atoms. The van der Waals surface area contributed by atoms with Gasteiger partial charge in [0.05, 0.1) is 10.6 Å². The van der Waals surface area contributed by atoms with E-state index >= 15 is 0 Å². The van der Waals surface area contributed by atoms with Crippen molar-refractivity contribution in [3.63, 3.8) is 0 Å². The van der Waals surface area contributed by atoms with Crippen LogP contribution >= 0.6 is 11.3 Å². The lowest BCUT2D eigenvalue weighted by Gasteiger charge is -1.99. The maximum Gasteiger partial charge on any atom is 0.276 e. The van der Waals surface area contributed by atoms with E-state index in [0.29, 0.717) is 10.8 Å². The number of rotatable bonds is 3. The molecule has 3 rings (SSSR count). The molecule has 6 heteroatoms. The van der Waals surface area contributed by atoms with Crippen molar-refractivity contribution < 1.29 is 4.79 Å². The van der Waals surface area contributed by atoms with E-state index in [0.717, 1.165) is 16.1 Å². The molecule has 1 N–H and O–H groups in total. The lowest BCUT2D eigenvalue weighted by atomic mass is 10.2. The molecule has 0 atom stereocenters. The average molecular weight is 296 g/mol. The Morgan fingerprint density at radius 3 is 2.81 bits per heavy atom. The van der Waals surface area contributed by atoms with Crippen molar-refractivity contribution in [1.82, 2.24) is 15.0 Å². The molecule has 0 spiro atoms. The molecule has 3 aromatic heterocycles. The third kappa shape index (κ3) is 2.95. The number of thiazole rings is 1. The van der Waals surface area contributed by atoms with E-state index in [-0.39, 0.29) is 5.91 Å². The van der Waals surface area contributed by atoms with Gasteiger partial charge in [-0.25, -0.2) is 4.98 Å². The molecule has 0 saturated carbocycles. The first-order chi connectivity index (χ1) is 10.2. The predicted molar refractivity (Wildman–Crippen MR) is 82.3 cm³/mol. The van der Waals surface area contributed by atoms with E-state index in [1.807, 2.05) is 19.1 Å². The molecular weight excluding hydrogens is 284 g/mol. The summed E-state index contributed by atoms with van der Waals surface area (Å²) in [5.41, 5.74) is 2.23. The van der Waals surface area contributed by atoms with Gasteiger partial charge in [-0.15, -0.1) is 0 Å². The molecule has 0 fully saturated rings. The maximum atomic E-state index is 12.1. The molecule has 0 unspecified atom stereocenters. The summed E-state index contributed by atoms with van der Waals surface area (Å²) in [4.78, 5) is 25.6. The summed E-state index contributed by atoms with van der Waals surface area (Å²) in [6.07, 6.45) is 5.09. The van der Waals surface area contributed by atoms with Crippen LogP contribution in [-0.2, 0) is 0 Å². The Morgan fingerprint density at radius 2 is 2.10 bits per heavy atom. The summed E-state index contributed by atoms with van der Waals surface area (Å²) in [6, 6.07) is 9.05. The second kappa shape index (κ2) is 5.80. The average Bonchev–Trinajstić information content (AvgIpc) is 2.89. The van der Waals surface area contributed by atoms with Crippen LogP contribution < -0.4 is 5.32 Å². The van der Waals surface area contributed by atoms with Crippen molar-refractivity contribution in [1.29, 1.82) is 0 Å². The van der Waals surface area contributed by atoms with E-state index in [1.165, 1.54) is 11.3 Å². The minimum Gasteiger partial charge on any atom is -0.296 e. The minimum atomic E-state index is -0.262. The summed E-state index contributed by atoms with van der Waals surface area (Å²) < 4.78 is 0. The van der Waals surface area contributed by atoms with Crippen LogP contribution in [0.4, 0.5) is 5.13 Å². The molecule has 0 aliphatic heterocycles. The van der Waals surface area contributed by atoms with Gasteiger partial charge in [-0.1, -0.05) is 23.5 Å². The Kier molecular flexibility index (Phi) is 3.70. The first-order valence-corrected chi connectivity index (χ1v) is 7.16. The third-order valence-electron chi connectivity index (χ3n) is 2.84. The molecule has 0 bridgehead atoms. The van der Waals surface area contributed by atoms with Crippen LogP contribution in [0.2, 0.25) is 0 Å². The van der Waals surface area contributed by atoms with Crippen LogP contribution in [0.15, 0.2) is 48.9 Å². The monoisotopic (exact) mass is 296 g/mol. The van der Waals surface area contributed by atoms with Gasteiger partial charge < -0.3 is 0 Å². The fourth-order valence-corrected chi connectivity index (χ4v) is 2.82. The summed E-state index contributed by atoms with van der Waals surface area (Å²) in [5, 5.41) is 3.33. The van der Waals surface area contributed by atoms with Gasteiger partial charge in [-0.05, 0) is 25.1 Å². The van der Waals surface area contributed by atoms with E-state index in [2.05, 4.69) is 20.3 Å². The SMILES string of the molecule is Cc1nc(NC(=O)c2ccccn2)sc1-c1cccnc1. The van der Waals surface area contributed by atoms with Crippen LogP contribution in [0.3, 0.4) is 0 Å². The summed E-state index contributed by atoms with van der Waals surface area (Å²) in [5.74, 6) is -0.262. The van der Waals surface area contributed by atoms with Crippen LogP contribution in [0.1, 0.15) is 16.2 Å². The molecule has 0 radical (unpaired) electrons. The zero-order valence-electron chi connectivity index (χ0n) is 11.3. The number of hydrogen-bond acceptors (Lipinski definition) is 5. The lowest BCUT2D eigenvalue weighted by Crippen LogP contribution is -2.13. The second-order valence-corrected chi connectivity index (χ2v) is 5.34. The largest absolute Gasteiger partial charge is 0.296 e. The van der Waals surface area contributed by atoms with Crippen LogP contribution in [0, 0.1) is 6.92 Å². The summed E-state index contributed by atoms with van der Waals surface area (Å²) in [7, 11) is 0. The normalized spacial score (nSPS) is 10.3. The number of carbonyl (C=O) groups excluding carboxylic acids is 1. The van der Waals surface area contributed by atoms with Gasteiger partial charge in [0.15, 0.2) is 5.13 Å². The number of pyridine rings is 2. The summed E-state index contributed by atoms with van der Waals surface area (Å²) in [6.45, 7) is 1.91. The number of anilines is 1. The van der Waals surface area contributed by atoms with Crippen LogP contribution in [-0.4, -0.2) is 20.9 Å². The smallest absolute Gasteiger partial charge is 0.276 e. The van der Waals surface area contributed by atoms with E-state index in [9.17, 15) is 4.79 Å². The third-order valence-corrected chi connectivity index (χ3v) is 3.96. The molecule has 0 aliphatic carbocycles. The van der Waals surface area contributed by atoms with Gasteiger partial charge in [0, 0.05) is 24.2 Å². The Bertz CT molecular complexity index is 756. The number of aromatic nitrogens is 3. The van der Waals surface area contributed by atoms with Gasteiger partial charge in [-0.2, -0.15) is 0 Å². The van der Waals surface area contributed by atoms with Gasteiger partial charge in [0.1, 0.15) is 5.69 Å². The van der Waals surface area contributed by atoms with Gasteiger partial charge >= 0.3 is 0 Å². The fraction of sp³-hybridized carbons (Fsp3) is 0.0667. The Hall–Kier alpha value is -2.60. The van der Waals surface area contributed by atoms with E-state index < -0.39 is 0 Å². The molecule has 3 heterocycles. The number of amides is 1. The highest BCUT2D eigenvalue weighted by atomic mass is 32.1. The number of nitrogens with zero attached hydrogens (tertiary/aromatic N) is 3. The Balaban J connectivity index is 1.84. The first-order valence-electron chi connectivity index (χ1n) is 6.34. The van der Waals surface area contributed by atoms with Crippen molar-refractivity contribution in [2.45, 2.75) is 6.92 Å². The van der Waals surface area contributed by atoms with Crippen molar-refractivity contribution in [3.8, 4) is 10.4 Å². The van der Waals surface area contributed by atoms with Crippen LogP contribution in [0.25, 0.3) is 10.4 Å². The molecule has 3 aromatic rings. The number of hydrogen-bond donors (Lipinski definition) is 1. The fourth-order valence-electron chi connectivity index (χ4n) is 1.87. The van der Waals surface area contributed by atoms with E-state index in [4.69, 9.17) is 0 Å². The quantitative estimate of drug-likeness (QED) is 0.806. The minimum absolute atomic E-state index is 0.262. The van der Waals surface area contributed by atoms with Crippen molar-refractivity contribution in [3.05, 3.63) is 60.3 Å². The molecule has 0 saturated heterocycles. The molecule has 5 nitrogen and oxygen atoms in total. The number of carbonyl (C=O) groups is 1. The Morgan fingerprint density at radius 1 is 1.19 bits per heavy atom. The first kappa shape index (κ1) is 13.4. The molecule has 0 aromatic carbocycles. The highest BCUT2D eigenvalue weighted by Gasteiger charge is 2.13. The van der Waals surface area contributed by atoms with Gasteiger partial charge in [-0.3, -0.25) is 20.1 Å². The van der Waals surface area contributed by atoms with Crippen molar-refractivity contribution in [2.75, 3.05) is 5.32 Å². The van der Waals surface area contributed by atoms with Crippen molar-refractivity contribution in [2.24, 2.45) is 0 Å². The van der Waals surface area contributed by atoms with Crippen molar-refractivity contribution >= 4 is 22.4 Å². The molecule has 1 amide bonds. The molecule has 0 aliphatic rings. The highest BCUT2D eigenvalue weighted by Crippen LogP contribution is 2.32. The zero-order chi connectivity index (χ0) is 14.7. The standard InChI is InChI=1S/C15H12N4OS/c1-10-13(11-5-4-7-16-9-11)21-15(18-10)19-14(20)12-6-2-3-8-17-12/h2-9H,1H3,(H,18,19,20). The maximum absolute atomic E-state index is 12.1. The number of nitrogens with one attached hydrogen (secondary N) is 1. The second-order valence-electron chi connectivity index (χ2n) is 4.34. The van der Waals surface area contributed by atoms with Gasteiger partial charge in [0.25, 0.3) is 5.91 Å². The molecule has 104 valence electrons. The van der Waals surface area contributed by atoms with E-state index in [1.54, 1.807) is 36.8 Å². The predicted octanol–water partition coefficient (Wildman–Crippen LogP) is 3.16. The van der Waals surface area contributed by atoms with Gasteiger partial charge in [0.2, 0.25) is 0 Å². The zero-order valence-corrected chi connectivity index (χ0v) is 12.1. The van der Waals surface area contributed by atoms with Crippen LogP contribution in [0.5, 0.6) is 0 Å².